The smallest absolute Gasteiger partial charge is 0.283 e. The standard InChI is InChI=1S/C23H29ClN6O2/c1-16-21(7-6-20(26-16)22(31)27-25)29-14-12-28(13-15-29)19-8-10-30(11-9-19)23(32)17-2-4-18(24)5-3-17/h2-7,19H,8-15,25H2,1H3,(H,27,31). The largest absolute Gasteiger partial charge is 0.368 e. The third-order valence-electron chi connectivity index (χ3n) is 6.44. The summed E-state index contributed by atoms with van der Waals surface area (Å²) in [6.45, 7) is 7.24. The predicted octanol–water partition coefficient (Wildman–Crippen LogP) is 2.07. The number of hydrazine groups is 1. The molecule has 8 nitrogen and oxygen atoms in total. The monoisotopic (exact) mass is 456 g/mol. The number of halogens is 1. The zero-order valence-corrected chi connectivity index (χ0v) is 19.0. The second kappa shape index (κ2) is 9.85. The maximum Gasteiger partial charge on any atom is 0.283 e. The van der Waals surface area contributed by atoms with Crippen molar-refractivity contribution in [1.82, 2.24) is 20.2 Å². The van der Waals surface area contributed by atoms with E-state index in [4.69, 9.17) is 17.4 Å². The number of hydrogen-bond acceptors (Lipinski definition) is 6. The van der Waals surface area contributed by atoms with Gasteiger partial charge in [0.25, 0.3) is 11.8 Å². The van der Waals surface area contributed by atoms with E-state index in [1.807, 2.05) is 17.9 Å². The summed E-state index contributed by atoms with van der Waals surface area (Å²) in [5.74, 6) is 4.90. The summed E-state index contributed by atoms with van der Waals surface area (Å²) in [7, 11) is 0. The minimum Gasteiger partial charge on any atom is -0.368 e. The number of anilines is 1. The Morgan fingerprint density at radius 3 is 2.25 bits per heavy atom. The maximum absolute atomic E-state index is 12.7. The van der Waals surface area contributed by atoms with Crippen LogP contribution in [0.2, 0.25) is 5.02 Å². The molecule has 4 rings (SSSR count). The van der Waals surface area contributed by atoms with E-state index in [0.717, 1.165) is 63.5 Å². The molecule has 0 radical (unpaired) electrons. The lowest BCUT2D eigenvalue weighted by molar-refractivity contribution is 0.0611. The molecule has 9 heteroatoms. The number of pyridine rings is 1. The fraction of sp³-hybridized carbons (Fsp3) is 0.435. The maximum atomic E-state index is 12.7. The minimum atomic E-state index is -0.384. The van der Waals surface area contributed by atoms with E-state index >= 15 is 0 Å². The van der Waals surface area contributed by atoms with Crippen molar-refractivity contribution in [2.45, 2.75) is 25.8 Å². The Morgan fingerprint density at radius 1 is 1.00 bits per heavy atom. The second-order valence-electron chi connectivity index (χ2n) is 8.33. The van der Waals surface area contributed by atoms with E-state index in [9.17, 15) is 9.59 Å². The number of aryl methyl sites for hydroxylation is 1. The molecule has 1 aromatic heterocycles. The Hall–Kier alpha value is -2.68. The fourth-order valence-electron chi connectivity index (χ4n) is 4.63. The van der Waals surface area contributed by atoms with Crippen LogP contribution in [-0.2, 0) is 0 Å². The topological polar surface area (TPSA) is 94.8 Å². The van der Waals surface area contributed by atoms with Crippen LogP contribution in [0.4, 0.5) is 5.69 Å². The van der Waals surface area contributed by atoms with Gasteiger partial charge in [0, 0.05) is 55.9 Å². The molecule has 170 valence electrons. The van der Waals surface area contributed by atoms with E-state index in [1.165, 1.54) is 0 Å². The summed E-state index contributed by atoms with van der Waals surface area (Å²) in [4.78, 5) is 35.6. The Kier molecular flexibility index (Phi) is 6.93. The summed E-state index contributed by atoms with van der Waals surface area (Å²) in [6, 6.07) is 11.3. The quantitative estimate of drug-likeness (QED) is 0.415. The number of carbonyl (C=O) groups excluding carboxylic acids is 2. The van der Waals surface area contributed by atoms with Crippen LogP contribution in [0.3, 0.4) is 0 Å². The fourth-order valence-corrected chi connectivity index (χ4v) is 4.75. The molecule has 0 unspecified atom stereocenters. The van der Waals surface area contributed by atoms with E-state index < -0.39 is 0 Å². The molecule has 0 aliphatic carbocycles. The molecule has 2 saturated heterocycles. The number of piperazine rings is 1. The summed E-state index contributed by atoms with van der Waals surface area (Å²) in [5.41, 5.74) is 5.03. The van der Waals surface area contributed by atoms with Crippen molar-refractivity contribution in [3.05, 3.63) is 58.4 Å². The van der Waals surface area contributed by atoms with Gasteiger partial charge in [0.1, 0.15) is 5.69 Å². The van der Waals surface area contributed by atoms with Gasteiger partial charge in [-0.2, -0.15) is 0 Å². The zero-order valence-electron chi connectivity index (χ0n) is 18.3. The molecule has 0 saturated carbocycles. The average Bonchev–Trinajstić information content (AvgIpc) is 2.84. The van der Waals surface area contributed by atoms with Gasteiger partial charge < -0.3 is 9.80 Å². The molecule has 0 spiro atoms. The molecule has 2 aromatic rings. The van der Waals surface area contributed by atoms with Gasteiger partial charge in [0.15, 0.2) is 0 Å². The van der Waals surface area contributed by atoms with Crippen LogP contribution >= 0.6 is 11.6 Å². The summed E-state index contributed by atoms with van der Waals surface area (Å²) in [6.07, 6.45) is 1.98. The van der Waals surface area contributed by atoms with E-state index in [0.29, 0.717) is 22.3 Å². The number of nitrogens with two attached hydrogens (primary N) is 1. The van der Waals surface area contributed by atoms with Gasteiger partial charge in [-0.15, -0.1) is 0 Å². The number of aromatic nitrogens is 1. The number of likely N-dealkylation sites (tertiary alicyclic amines) is 1. The first-order chi connectivity index (χ1) is 15.5. The van der Waals surface area contributed by atoms with E-state index in [-0.39, 0.29) is 11.8 Å². The highest BCUT2D eigenvalue weighted by Gasteiger charge is 2.30. The highest BCUT2D eigenvalue weighted by Crippen LogP contribution is 2.24. The SMILES string of the molecule is Cc1nc(C(=O)NN)ccc1N1CCN(C2CCN(C(=O)c3ccc(Cl)cc3)CC2)CC1. The lowest BCUT2D eigenvalue weighted by atomic mass is 10.0. The number of nitrogens with one attached hydrogen (secondary N) is 1. The number of nitrogen functional groups attached to an aromatic ring is 1. The predicted molar refractivity (Wildman–Crippen MR) is 125 cm³/mol. The molecule has 0 bridgehead atoms. The molecule has 3 N–H and O–H groups in total. The van der Waals surface area contributed by atoms with Crippen molar-refractivity contribution in [3.8, 4) is 0 Å². The highest BCUT2D eigenvalue weighted by molar-refractivity contribution is 6.30. The first kappa shape index (κ1) is 22.5. The van der Waals surface area contributed by atoms with E-state index in [1.54, 1.807) is 30.3 Å². The molecule has 2 fully saturated rings. The van der Waals surface area contributed by atoms with Crippen molar-refractivity contribution < 1.29 is 9.59 Å². The van der Waals surface area contributed by atoms with Crippen molar-refractivity contribution in [3.63, 3.8) is 0 Å². The molecular weight excluding hydrogens is 428 g/mol. The summed E-state index contributed by atoms with van der Waals surface area (Å²) >= 11 is 5.93. The number of piperidine rings is 1. The van der Waals surface area contributed by atoms with Crippen molar-refractivity contribution in [2.75, 3.05) is 44.2 Å². The molecule has 32 heavy (non-hydrogen) atoms. The second-order valence-corrected chi connectivity index (χ2v) is 8.76. The highest BCUT2D eigenvalue weighted by atomic mass is 35.5. The number of hydrogen-bond donors (Lipinski definition) is 2. The van der Waals surface area contributed by atoms with Crippen LogP contribution in [0.25, 0.3) is 0 Å². The van der Waals surface area contributed by atoms with Gasteiger partial charge in [-0.25, -0.2) is 10.8 Å². The number of rotatable bonds is 4. The van der Waals surface area contributed by atoms with Crippen molar-refractivity contribution in [1.29, 1.82) is 0 Å². The summed E-state index contributed by atoms with van der Waals surface area (Å²) in [5, 5.41) is 0.641. The Morgan fingerprint density at radius 2 is 1.66 bits per heavy atom. The van der Waals surface area contributed by atoms with Gasteiger partial charge in [-0.1, -0.05) is 11.6 Å². The van der Waals surface area contributed by atoms with Gasteiger partial charge >= 0.3 is 0 Å². The average molecular weight is 457 g/mol. The van der Waals surface area contributed by atoms with Crippen LogP contribution in [0.1, 0.15) is 39.4 Å². The number of carbonyl (C=O) groups is 2. The van der Waals surface area contributed by atoms with Gasteiger partial charge in [0.2, 0.25) is 0 Å². The lowest BCUT2D eigenvalue weighted by Gasteiger charge is -2.43. The Bertz CT molecular complexity index is 967. The molecular formula is C23H29ClN6O2. The first-order valence-corrected chi connectivity index (χ1v) is 11.4. The normalized spacial score (nSPS) is 18.0. The van der Waals surface area contributed by atoms with Crippen LogP contribution < -0.4 is 16.2 Å². The number of nitrogens with zero attached hydrogens (tertiary/aromatic N) is 4. The molecule has 2 amide bonds. The van der Waals surface area contributed by atoms with Gasteiger partial charge in [0.05, 0.1) is 11.4 Å². The zero-order chi connectivity index (χ0) is 22.7. The molecule has 3 heterocycles. The van der Waals surface area contributed by atoms with Crippen molar-refractivity contribution in [2.24, 2.45) is 5.84 Å². The van der Waals surface area contributed by atoms with Crippen LogP contribution in [0.5, 0.6) is 0 Å². The van der Waals surface area contributed by atoms with Crippen LogP contribution in [-0.4, -0.2) is 71.9 Å². The van der Waals surface area contributed by atoms with Gasteiger partial charge in [-0.3, -0.25) is 19.9 Å². The van der Waals surface area contributed by atoms with Crippen LogP contribution in [0.15, 0.2) is 36.4 Å². The lowest BCUT2D eigenvalue weighted by Crippen LogP contribution is -2.54. The van der Waals surface area contributed by atoms with Crippen LogP contribution in [0, 0.1) is 6.92 Å². The molecule has 2 aliphatic heterocycles. The molecule has 1 aromatic carbocycles. The first-order valence-electron chi connectivity index (χ1n) is 11.0. The number of amides is 2. The third-order valence-corrected chi connectivity index (χ3v) is 6.69. The van der Waals surface area contributed by atoms with Crippen molar-refractivity contribution >= 4 is 29.1 Å². The third kappa shape index (κ3) is 4.87. The van der Waals surface area contributed by atoms with Gasteiger partial charge in [-0.05, 0) is 56.2 Å². The van der Waals surface area contributed by atoms with E-state index in [2.05, 4.69) is 20.2 Å². The number of benzene rings is 1. The summed E-state index contributed by atoms with van der Waals surface area (Å²) < 4.78 is 0. The Balaban J connectivity index is 1.29. The molecule has 0 atom stereocenters. The Labute approximate surface area is 193 Å². The minimum absolute atomic E-state index is 0.0830. The molecule has 2 aliphatic rings.